The van der Waals surface area contributed by atoms with Gasteiger partial charge in [-0.1, -0.05) is 28.9 Å². The summed E-state index contributed by atoms with van der Waals surface area (Å²) in [6.07, 6.45) is 1.15. The summed E-state index contributed by atoms with van der Waals surface area (Å²) in [7, 11) is 0. The third kappa shape index (κ3) is 3.33. The SMILES string of the molecule is CCCNC(c1cc(C)c(Br)cc1C)c1sccc1C. The van der Waals surface area contributed by atoms with E-state index in [0.29, 0.717) is 6.04 Å². The Morgan fingerprint density at radius 2 is 1.90 bits per heavy atom. The van der Waals surface area contributed by atoms with Crippen LogP contribution in [0.2, 0.25) is 0 Å². The minimum Gasteiger partial charge on any atom is -0.306 e. The van der Waals surface area contributed by atoms with Crippen molar-refractivity contribution >= 4 is 27.3 Å². The fourth-order valence-electron chi connectivity index (χ4n) is 2.43. The van der Waals surface area contributed by atoms with Crippen LogP contribution in [0.25, 0.3) is 0 Å². The van der Waals surface area contributed by atoms with Crippen LogP contribution in [-0.4, -0.2) is 6.54 Å². The Hall–Kier alpha value is -0.640. The summed E-state index contributed by atoms with van der Waals surface area (Å²) in [6.45, 7) is 9.81. The predicted molar refractivity (Wildman–Crippen MR) is 92.8 cm³/mol. The normalized spacial score (nSPS) is 12.7. The molecule has 1 aromatic carbocycles. The van der Waals surface area contributed by atoms with Gasteiger partial charge in [-0.2, -0.15) is 0 Å². The van der Waals surface area contributed by atoms with Gasteiger partial charge in [-0.3, -0.25) is 0 Å². The molecule has 0 fully saturated rings. The van der Waals surface area contributed by atoms with Crippen molar-refractivity contribution in [1.82, 2.24) is 5.32 Å². The van der Waals surface area contributed by atoms with Crippen LogP contribution in [0.15, 0.2) is 28.1 Å². The van der Waals surface area contributed by atoms with E-state index in [4.69, 9.17) is 0 Å². The fraction of sp³-hybridized carbons (Fsp3) is 0.412. The van der Waals surface area contributed by atoms with Gasteiger partial charge in [0.2, 0.25) is 0 Å². The summed E-state index contributed by atoms with van der Waals surface area (Å²) in [5.74, 6) is 0. The van der Waals surface area contributed by atoms with E-state index in [1.165, 1.54) is 31.6 Å². The second kappa shape index (κ2) is 6.88. The summed E-state index contributed by atoms with van der Waals surface area (Å²) in [4.78, 5) is 1.43. The van der Waals surface area contributed by atoms with Crippen molar-refractivity contribution in [2.24, 2.45) is 0 Å². The lowest BCUT2D eigenvalue weighted by molar-refractivity contribution is 0.601. The quantitative estimate of drug-likeness (QED) is 0.747. The average molecular weight is 352 g/mol. The minimum absolute atomic E-state index is 0.307. The zero-order valence-electron chi connectivity index (χ0n) is 12.6. The number of halogens is 1. The van der Waals surface area contributed by atoms with Gasteiger partial charge in [0, 0.05) is 9.35 Å². The first kappa shape index (κ1) is 15.7. The molecule has 0 aliphatic heterocycles. The van der Waals surface area contributed by atoms with Crippen LogP contribution in [-0.2, 0) is 0 Å². The number of hydrogen-bond donors (Lipinski definition) is 1. The van der Waals surface area contributed by atoms with Crippen molar-refractivity contribution in [3.63, 3.8) is 0 Å². The third-order valence-electron chi connectivity index (χ3n) is 3.62. The monoisotopic (exact) mass is 351 g/mol. The van der Waals surface area contributed by atoms with Crippen LogP contribution in [0.1, 0.15) is 46.5 Å². The lowest BCUT2D eigenvalue weighted by atomic mass is 9.96. The van der Waals surface area contributed by atoms with Crippen molar-refractivity contribution in [1.29, 1.82) is 0 Å². The molecule has 0 saturated heterocycles. The van der Waals surface area contributed by atoms with Gasteiger partial charge in [0.05, 0.1) is 6.04 Å². The fourth-order valence-corrected chi connectivity index (χ4v) is 3.90. The smallest absolute Gasteiger partial charge is 0.0676 e. The van der Waals surface area contributed by atoms with E-state index in [1.807, 2.05) is 11.3 Å². The molecule has 0 spiro atoms. The third-order valence-corrected chi connectivity index (χ3v) is 5.56. The maximum Gasteiger partial charge on any atom is 0.0676 e. The molecule has 1 heterocycles. The zero-order chi connectivity index (χ0) is 14.7. The van der Waals surface area contributed by atoms with Gasteiger partial charge in [0.1, 0.15) is 0 Å². The molecule has 0 saturated carbocycles. The molecular formula is C17H22BrNS. The predicted octanol–water partition coefficient (Wildman–Crippen LogP) is 5.52. The maximum absolute atomic E-state index is 3.71. The van der Waals surface area contributed by atoms with Crippen molar-refractivity contribution < 1.29 is 0 Å². The summed E-state index contributed by atoms with van der Waals surface area (Å²) in [6, 6.07) is 7.06. The lowest BCUT2D eigenvalue weighted by Crippen LogP contribution is -2.23. The first-order valence-corrected chi connectivity index (χ1v) is 8.75. The minimum atomic E-state index is 0.307. The summed E-state index contributed by atoms with van der Waals surface area (Å²) in [5.41, 5.74) is 5.40. The van der Waals surface area contributed by atoms with Crippen LogP contribution in [0.4, 0.5) is 0 Å². The van der Waals surface area contributed by atoms with E-state index < -0.39 is 0 Å². The molecule has 2 aromatic rings. The number of nitrogens with one attached hydrogen (secondary N) is 1. The standard InChI is InChI=1S/C17H22BrNS/c1-5-7-19-16(17-11(2)6-8-20-17)14-9-13(4)15(18)10-12(14)3/h6,8-10,16,19H,5,7H2,1-4H3. The molecule has 0 radical (unpaired) electrons. The second-order valence-corrected chi connectivity index (χ2v) is 7.12. The lowest BCUT2D eigenvalue weighted by Gasteiger charge is -2.22. The molecular weight excluding hydrogens is 330 g/mol. The molecule has 1 aromatic heterocycles. The van der Waals surface area contributed by atoms with E-state index in [9.17, 15) is 0 Å². The number of benzene rings is 1. The van der Waals surface area contributed by atoms with Gasteiger partial charge < -0.3 is 5.32 Å². The largest absolute Gasteiger partial charge is 0.306 e. The number of hydrogen-bond acceptors (Lipinski definition) is 2. The summed E-state index contributed by atoms with van der Waals surface area (Å²) >= 11 is 5.47. The molecule has 1 unspecified atom stereocenters. The van der Waals surface area contributed by atoms with Gasteiger partial charge in [-0.15, -0.1) is 11.3 Å². The average Bonchev–Trinajstić information content (AvgIpc) is 2.82. The molecule has 0 bridgehead atoms. The van der Waals surface area contributed by atoms with Crippen LogP contribution in [0.3, 0.4) is 0 Å². The maximum atomic E-state index is 3.71. The first-order chi connectivity index (χ1) is 9.54. The Kier molecular flexibility index (Phi) is 5.42. The topological polar surface area (TPSA) is 12.0 Å². The summed E-state index contributed by atoms with van der Waals surface area (Å²) in [5, 5.41) is 5.90. The van der Waals surface area contributed by atoms with Gasteiger partial charge in [-0.05, 0) is 73.5 Å². The Morgan fingerprint density at radius 3 is 2.50 bits per heavy atom. The van der Waals surface area contributed by atoms with E-state index >= 15 is 0 Å². The van der Waals surface area contributed by atoms with Crippen LogP contribution in [0, 0.1) is 20.8 Å². The van der Waals surface area contributed by atoms with E-state index in [2.05, 4.69) is 72.5 Å². The summed E-state index contributed by atoms with van der Waals surface area (Å²) < 4.78 is 1.19. The molecule has 3 heteroatoms. The van der Waals surface area contributed by atoms with Crippen LogP contribution >= 0.6 is 27.3 Å². The second-order valence-electron chi connectivity index (χ2n) is 5.31. The van der Waals surface area contributed by atoms with E-state index in [1.54, 1.807) is 0 Å². The number of thiophene rings is 1. The Balaban J connectivity index is 2.46. The molecule has 108 valence electrons. The van der Waals surface area contributed by atoms with Gasteiger partial charge in [0.25, 0.3) is 0 Å². The zero-order valence-corrected chi connectivity index (χ0v) is 15.0. The van der Waals surface area contributed by atoms with Gasteiger partial charge >= 0.3 is 0 Å². The highest BCUT2D eigenvalue weighted by Crippen LogP contribution is 2.33. The molecule has 2 rings (SSSR count). The molecule has 20 heavy (non-hydrogen) atoms. The molecule has 1 nitrogen and oxygen atoms in total. The first-order valence-electron chi connectivity index (χ1n) is 7.08. The van der Waals surface area contributed by atoms with Crippen molar-refractivity contribution in [2.45, 2.75) is 40.2 Å². The Labute approximate surface area is 134 Å². The Bertz CT molecular complexity index is 589. The van der Waals surface area contributed by atoms with Crippen molar-refractivity contribution in [2.75, 3.05) is 6.54 Å². The van der Waals surface area contributed by atoms with Crippen LogP contribution < -0.4 is 5.32 Å². The van der Waals surface area contributed by atoms with Crippen molar-refractivity contribution in [3.8, 4) is 0 Å². The van der Waals surface area contributed by atoms with Crippen molar-refractivity contribution in [3.05, 3.63) is 55.2 Å². The molecule has 1 N–H and O–H groups in total. The van der Waals surface area contributed by atoms with E-state index in [-0.39, 0.29) is 0 Å². The highest BCUT2D eigenvalue weighted by Gasteiger charge is 2.19. The highest BCUT2D eigenvalue weighted by atomic mass is 79.9. The molecule has 1 atom stereocenters. The Morgan fingerprint density at radius 1 is 1.15 bits per heavy atom. The molecule has 0 aliphatic carbocycles. The van der Waals surface area contributed by atoms with E-state index in [0.717, 1.165) is 13.0 Å². The van der Waals surface area contributed by atoms with Crippen LogP contribution in [0.5, 0.6) is 0 Å². The highest BCUT2D eigenvalue weighted by molar-refractivity contribution is 9.10. The van der Waals surface area contributed by atoms with Gasteiger partial charge in [0.15, 0.2) is 0 Å². The van der Waals surface area contributed by atoms with Gasteiger partial charge in [-0.25, -0.2) is 0 Å². The molecule has 0 amide bonds. The molecule has 0 aliphatic rings. The number of rotatable bonds is 5. The number of aryl methyl sites for hydroxylation is 3.